The molecule has 0 aliphatic heterocycles. The summed E-state index contributed by atoms with van der Waals surface area (Å²) in [7, 11) is 0. The molecule has 3 aromatic rings. The van der Waals surface area contributed by atoms with Gasteiger partial charge in [0.15, 0.2) is 0 Å². The predicted molar refractivity (Wildman–Crippen MR) is 67.2 cm³/mol. The van der Waals surface area contributed by atoms with Gasteiger partial charge >= 0.3 is 0 Å². The van der Waals surface area contributed by atoms with Crippen LogP contribution in [0.3, 0.4) is 0 Å². The Morgan fingerprint density at radius 2 is 0.867 bits per heavy atom. The maximum Gasteiger partial charge on any atom is 0 e. The van der Waals surface area contributed by atoms with Crippen LogP contribution in [0.1, 0.15) is 0 Å². The van der Waals surface area contributed by atoms with Crippen molar-refractivity contribution in [1.29, 1.82) is 0 Å². The fourth-order valence-electron chi connectivity index (χ4n) is 1.95. The van der Waals surface area contributed by atoms with E-state index in [2.05, 4.69) is 60.7 Å². The average Bonchev–Trinajstić information content (AvgIpc) is 2.29. The van der Waals surface area contributed by atoms with Crippen LogP contribution in [0, 0.1) is 0 Å². The molecule has 1 heteroatoms. The summed E-state index contributed by atoms with van der Waals surface area (Å²) in [6.45, 7) is 0. The van der Waals surface area contributed by atoms with Crippen LogP contribution in [0.4, 0.5) is 0 Å². The van der Waals surface area contributed by atoms with Crippen LogP contribution in [-0.4, -0.2) is 29.6 Å². The second-order valence-electron chi connectivity index (χ2n) is 3.51. The summed E-state index contributed by atoms with van der Waals surface area (Å²) in [5.41, 5.74) is 0. The van der Waals surface area contributed by atoms with Gasteiger partial charge in [-0.05, 0) is 21.5 Å². The van der Waals surface area contributed by atoms with Gasteiger partial charge in [0.25, 0.3) is 0 Å². The van der Waals surface area contributed by atoms with E-state index in [9.17, 15) is 0 Å². The Bertz CT molecular complexity index is 544. The van der Waals surface area contributed by atoms with Crippen LogP contribution in [-0.2, 0) is 0 Å². The Morgan fingerprint density at radius 1 is 0.467 bits per heavy atom. The van der Waals surface area contributed by atoms with Gasteiger partial charge in [0.1, 0.15) is 0 Å². The zero-order valence-corrected chi connectivity index (χ0v) is 10.8. The third-order valence-corrected chi connectivity index (χ3v) is 2.65. The largest absolute Gasteiger partial charge is 0.0616 e. The van der Waals surface area contributed by atoms with Gasteiger partial charge in [0, 0.05) is 29.6 Å². The molecule has 0 saturated carbocycles. The van der Waals surface area contributed by atoms with Crippen LogP contribution in [0.2, 0.25) is 0 Å². The number of benzene rings is 3. The average molecular weight is 201 g/mol. The summed E-state index contributed by atoms with van der Waals surface area (Å²) in [5, 5.41) is 5.30. The normalized spacial score (nSPS) is 10.1. The molecule has 0 N–H and O–H groups in total. The smallest absolute Gasteiger partial charge is 0 e. The fourth-order valence-corrected chi connectivity index (χ4v) is 1.95. The van der Waals surface area contributed by atoms with Gasteiger partial charge in [0.2, 0.25) is 0 Å². The summed E-state index contributed by atoms with van der Waals surface area (Å²) in [6.07, 6.45) is 0. The molecule has 0 heterocycles. The molecule has 0 bridgehead atoms. The molecule has 3 rings (SSSR count). The minimum absolute atomic E-state index is 0. The molecule has 3 aromatic carbocycles. The van der Waals surface area contributed by atoms with Crippen LogP contribution < -0.4 is 0 Å². The molecule has 0 aliphatic carbocycles. The summed E-state index contributed by atoms with van der Waals surface area (Å²) in [4.78, 5) is 0. The predicted octanol–water partition coefficient (Wildman–Crippen LogP) is 3.61. The summed E-state index contributed by atoms with van der Waals surface area (Å²) >= 11 is 0. The van der Waals surface area contributed by atoms with Gasteiger partial charge in [0.05, 0.1) is 0 Å². The van der Waals surface area contributed by atoms with Gasteiger partial charge in [-0.3, -0.25) is 0 Å². The van der Waals surface area contributed by atoms with Crippen LogP contribution in [0.5, 0.6) is 0 Å². The monoisotopic (exact) mass is 201 g/mol. The van der Waals surface area contributed by atoms with Crippen molar-refractivity contribution in [2.75, 3.05) is 0 Å². The van der Waals surface area contributed by atoms with E-state index in [4.69, 9.17) is 0 Å². The maximum atomic E-state index is 2.18. The van der Waals surface area contributed by atoms with Gasteiger partial charge in [-0.1, -0.05) is 60.7 Å². The number of rotatable bonds is 0. The van der Waals surface area contributed by atoms with Gasteiger partial charge in [-0.2, -0.15) is 0 Å². The molecule has 0 atom stereocenters. The zero-order valence-electron chi connectivity index (χ0n) is 8.77. The Labute approximate surface area is 111 Å². The third-order valence-electron chi connectivity index (χ3n) is 2.65. The first-order chi connectivity index (χ1) is 6.95. The van der Waals surface area contributed by atoms with Crippen molar-refractivity contribution < 1.29 is 0 Å². The van der Waals surface area contributed by atoms with Gasteiger partial charge < -0.3 is 0 Å². The number of hydrogen-bond donors (Lipinski definition) is 0. The van der Waals surface area contributed by atoms with E-state index >= 15 is 0 Å². The molecular formula is C14H10Na. The van der Waals surface area contributed by atoms with E-state index in [0.717, 1.165) is 0 Å². The van der Waals surface area contributed by atoms with Crippen LogP contribution in [0.15, 0.2) is 60.7 Å². The second-order valence-corrected chi connectivity index (χ2v) is 3.51. The fraction of sp³-hybridized carbons (Fsp3) is 0. The SMILES string of the molecule is [Na].c1ccc2c(c1)ccc1ccccc12. The topological polar surface area (TPSA) is 0 Å². The zero-order chi connectivity index (χ0) is 9.38. The van der Waals surface area contributed by atoms with E-state index in [-0.39, 0.29) is 29.6 Å². The van der Waals surface area contributed by atoms with E-state index < -0.39 is 0 Å². The molecule has 0 aromatic heterocycles. The summed E-state index contributed by atoms with van der Waals surface area (Å²) < 4.78 is 0. The molecule has 67 valence electrons. The molecule has 0 nitrogen and oxygen atoms in total. The van der Waals surface area contributed by atoms with Crippen molar-refractivity contribution in [2.24, 2.45) is 0 Å². The summed E-state index contributed by atoms with van der Waals surface area (Å²) in [5.74, 6) is 0. The Morgan fingerprint density at radius 3 is 1.33 bits per heavy atom. The first-order valence-corrected chi connectivity index (χ1v) is 4.82. The van der Waals surface area contributed by atoms with Crippen molar-refractivity contribution >= 4 is 51.1 Å². The van der Waals surface area contributed by atoms with Crippen molar-refractivity contribution in [1.82, 2.24) is 0 Å². The van der Waals surface area contributed by atoms with Crippen LogP contribution in [0.25, 0.3) is 21.5 Å². The van der Waals surface area contributed by atoms with E-state index in [1.54, 1.807) is 0 Å². The first kappa shape index (κ1) is 10.7. The molecule has 0 unspecified atom stereocenters. The van der Waals surface area contributed by atoms with E-state index in [0.29, 0.717) is 0 Å². The summed E-state index contributed by atoms with van der Waals surface area (Å²) in [6, 6.07) is 21.4. The quantitative estimate of drug-likeness (QED) is 0.385. The van der Waals surface area contributed by atoms with Crippen molar-refractivity contribution in [3.05, 3.63) is 60.7 Å². The van der Waals surface area contributed by atoms with Crippen molar-refractivity contribution in [3.8, 4) is 0 Å². The van der Waals surface area contributed by atoms with Gasteiger partial charge in [-0.25, -0.2) is 0 Å². The second kappa shape index (κ2) is 4.36. The Kier molecular flexibility index (Phi) is 3.11. The standard InChI is InChI=1S/C14H10.Na/c1-3-7-13-11(5-1)9-10-12-6-2-4-8-14(12)13;/h1-10H;. The maximum absolute atomic E-state index is 2.18. The molecule has 0 aliphatic rings. The molecule has 0 amide bonds. The molecule has 0 saturated heterocycles. The van der Waals surface area contributed by atoms with Gasteiger partial charge in [-0.15, -0.1) is 0 Å². The minimum atomic E-state index is 0. The number of fused-ring (bicyclic) bond motifs is 3. The van der Waals surface area contributed by atoms with E-state index in [1.807, 2.05) is 0 Å². The first-order valence-electron chi connectivity index (χ1n) is 4.82. The van der Waals surface area contributed by atoms with Crippen molar-refractivity contribution in [2.45, 2.75) is 0 Å². The molecule has 0 fully saturated rings. The Hall–Kier alpha value is -0.820. The van der Waals surface area contributed by atoms with E-state index in [1.165, 1.54) is 21.5 Å². The van der Waals surface area contributed by atoms with Crippen LogP contribution >= 0.6 is 0 Å². The third kappa shape index (κ3) is 1.81. The Balaban J connectivity index is 0.000000853. The molecule has 1 radical (unpaired) electrons. The molecular weight excluding hydrogens is 191 g/mol. The molecule has 0 spiro atoms. The minimum Gasteiger partial charge on any atom is -0.0616 e. The van der Waals surface area contributed by atoms with Crippen molar-refractivity contribution in [3.63, 3.8) is 0 Å². The molecule has 15 heavy (non-hydrogen) atoms. The number of hydrogen-bond acceptors (Lipinski definition) is 0.